The zero-order valence-corrected chi connectivity index (χ0v) is 14.5. The summed E-state index contributed by atoms with van der Waals surface area (Å²) in [6, 6.07) is 4.03. The SMILES string of the molecule is CC(C)(C)c1cc(C(C)(C)O)c(Br)c(C(C)(C)O)c1. The van der Waals surface area contributed by atoms with Gasteiger partial charge in [-0.2, -0.15) is 0 Å². The van der Waals surface area contributed by atoms with Crippen LogP contribution in [-0.2, 0) is 16.6 Å². The average molecular weight is 329 g/mol. The van der Waals surface area contributed by atoms with E-state index < -0.39 is 11.2 Å². The summed E-state index contributed by atoms with van der Waals surface area (Å²) in [4.78, 5) is 0. The Hall–Kier alpha value is -0.380. The Balaban J connectivity index is 3.68. The number of benzene rings is 1. The van der Waals surface area contributed by atoms with Gasteiger partial charge in [-0.1, -0.05) is 48.8 Å². The summed E-state index contributed by atoms with van der Waals surface area (Å²) in [6.07, 6.45) is 0. The van der Waals surface area contributed by atoms with Gasteiger partial charge in [-0.05, 0) is 49.8 Å². The molecule has 19 heavy (non-hydrogen) atoms. The Morgan fingerprint density at radius 1 is 0.789 bits per heavy atom. The average Bonchev–Trinajstić information content (AvgIpc) is 2.11. The minimum atomic E-state index is -0.958. The van der Waals surface area contributed by atoms with Crippen molar-refractivity contribution in [2.75, 3.05) is 0 Å². The molecule has 2 N–H and O–H groups in total. The summed E-state index contributed by atoms with van der Waals surface area (Å²) >= 11 is 3.53. The molecule has 0 fully saturated rings. The second-order valence-electron chi connectivity index (χ2n) is 7.25. The van der Waals surface area contributed by atoms with Crippen molar-refractivity contribution in [1.82, 2.24) is 0 Å². The molecule has 0 aliphatic heterocycles. The molecular formula is C16H25BrO2. The third-order valence-corrected chi connectivity index (χ3v) is 4.11. The van der Waals surface area contributed by atoms with Gasteiger partial charge in [-0.15, -0.1) is 0 Å². The summed E-state index contributed by atoms with van der Waals surface area (Å²) in [5.41, 5.74) is 0.750. The number of hydrogen-bond donors (Lipinski definition) is 2. The van der Waals surface area contributed by atoms with Gasteiger partial charge in [0.2, 0.25) is 0 Å². The predicted octanol–water partition coefficient (Wildman–Crippen LogP) is 4.20. The maximum atomic E-state index is 10.3. The van der Waals surface area contributed by atoms with Gasteiger partial charge in [-0.3, -0.25) is 0 Å². The fraction of sp³-hybridized carbons (Fsp3) is 0.625. The summed E-state index contributed by atoms with van der Waals surface area (Å²) in [7, 11) is 0. The van der Waals surface area contributed by atoms with Crippen molar-refractivity contribution in [2.24, 2.45) is 0 Å². The van der Waals surface area contributed by atoms with Crippen molar-refractivity contribution < 1.29 is 10.2 Å². The van der Waals surface area contributed by atoms with Crippen LogP contribution < -0.4 is 0 Å². The molecule has 0 radical (unpaired) electrons. The third kappa shape index (κ3) is 3.80. The topological polar surface area (TPSA) is 40.5 Å². The van der Waals surface area contributed by atoms with Gasteiger partial charge in [0.15, 0.2) is 0 Å². The highest BCUT2D eigenvalue weighted by atomic mass is 79.9. The molecule has 0 aromatic heterocycles. The van der Waals surface area contributed by atoms with Crippen molar-refractivity contribution in [3.8, 4) is 0 Å². The van der Waals surface area contributed by atoms with Gasteiger partial charge in [0.1, 0.15) is 0 Å². The van der Waals surface area contributed by atoms with E-state index in [1.165, 1.54) is 0 Å². The molecule has 0 saturated heterocycles. The normalized spacial score (nSPS) is 13.8. The highest BCUT2D eigenvalue weighted by Crippen LogP contribution is 2.39. The van der Waals surface area contributed by atoms with Gasteiger partial charge < -0.3 is 10.2 Å². The van der Waals surface area contributed by atoms with Crippen molar-refractivity contribution in [2.45, 2.75) is 65.1 Å². The van der Waals surface area contributed by atoms with Crippen LogP contribution in [0.4, 0.5) is 0 Å². The van der Waals surface area contributed by atoms with Gasteiger partial charge in [0.25, 0.3) is 0 Å². The zero-order valence-electron chi connectivity index (χ0n) is 12.9. The van der Waals surface area contributed by atoms with Crippen LogP contribution in [0.5, 0.6) is 0 Å². The third-order valence-electron chi connectivity index (χ3n) is 3.26. The van der Waals surface area contributed by atoms with E-state index in [4.69, 9.17) is 0 Å². The summed E-state index contributed by atoms with van der Waals surface area (Å²) in [5, 5.41) is 20.7. The summed E-state index contributed by atoms with van der Waals surface area (Å²) in [6.45, 7) is 13.4. The van der Waals surface area contributed by atoms with E-state index in [1.807, 2.05) is 12.1 Å². The van der Waals surface area contributed by atoms with Crippen LogP contribution in [0.25, 0.3) is 0 Å². The molecule has 108 valence electrons. The lowest BCUT2D eigenvalue weighted by molar-refractivity contribution is 0.0700. The maximum Gasteiger partial charge on any atom is 0.0851 e. The molecule has 0 saturated carbocycles. The Bertz CT molecular complexity index is 436. The fourth-order valence-electron chi connectivity index (χ4n) is 1.95. The van der Waals surface area contributed by atoms with E-state index in [0.29, 0.717) is 0 Å². The van der Waals surface area contributed by atoms with Crippen molar-refractivity contribution in [1.29, 1.82) is 0 Å². The quantitative estimate of drug-likeness (QED) is 0.854. The van der Waals surface area contributed by atoms with Gasteiger partial charge >= 0.3 is 0 Å². The summed E-state index contributed by atoms with van der Waals surface area (Å²) in [5.74, 6) is 0. The monoisotopic (exact) mass is 328 g/mol. The molecule has 0 unspecified atom stereocenters. The first-order valence-electron chi connectivity index (χ1n) is 6.54. The van der Waals surface area contributed by atoms with Crippen LogP contribution >= 0.6 is 15.9 Å². The highest BCUT2D eigenvalue weighted by Gasteiger charge is 2.29. The smallest absolute Gasteiger partial charge is 0.0851 e. The molecule has 0 amide bonds. The molecule has 1 aromatic rings. The molecule has 0 heterocycles. The highest BCUT2D eigenvalue weighted by molar-refractivity contribution is 9.10. The van der Waals surface area contributed by atoms with Crippen molar-refractivity contribution >= 4 is 15.9 Å². The molecule has 0 bridgehead atoms. The van der Waals surface area contributed by atoms with E-state index in [1.54, 1.807) is 27.7 Å². The molecule has 3 heteroatoms. The lowest BCUT2D eigenvalue weighted by atomic mass is 9.80. The Labute approximate surface area is 125 Å². The number of halogens is 1. The van der Waals surface area contributed by atoms with Crippen LogP contribution in [0.2, 0.25) is 0 Å². The molecule has 1 rings (SSSR count). The molecule has 0 aliphatic rings. The number of hydrogen-bond acceptors (Lipinski definition) is 2. The van der Waals surface area contributed by atoms with Gasteiger partial charge in [0.05, 0.1) is 11.2 Å². The van der Waals surface area contributed by atoms with E-state index >= 15 is 0 Å². The Morgan fingerprint density at radius 3 is 1.32 bits per heavy atom. The van der Waals surface area contributed by atoms with Crippen LogP contribution in [-0.4, -0.2) is 10.2 Å². The van der Waals surface area contributed by atoms with Crippen LogP contribution in [0.3, 0.4) is 0 Å². The van der Waals surface area contributed by atoms with E-state index in [9.17, 15) is 10.2 Å². The number of rotatable bonds is 2. The van der Waals surface area contributed by atoms with Crippen molar-refractivity contribution in [3.63, 3.8) is 0 Å². The largest absolute Gasteiger partial charge is 0.386 e. The molecule has 0 atom stereocenters. The van der Waals surface area contributed by atoms with E-state index in [0.717, 1.165) is 21.2 Å². The molecule has 1 aromatic carbocycles. The van der Waals surface area contributed by atoms with Crippen molar-refractivity contribution in [3.05, 3.63) is 33.3 Å². The minimum Gasteiger partial charge on any atom is -0.386 e. The summed E-state index contributed by atoms with van der Waals surface area (Å²) < 4.78 is 0.778. The molecular weight excluding hydrogens is 304 g/mol. The van der Waals surface area contributed by atoms with E-state index in [2.05, 4.69) is 36.7 Å². The van der Waals surface area contributed by atoms with Gasteiger partial charge in [0, 0.05) is 4.47 Å². The second-order valence-corrected chi connectivity index (χ2v) is 8.05. The van der Waals surface area contributed by atoms with Crippen LogP contribution in [0.15, 0.2) is 16.6 Å². The molecule has 0 spiro atoms. The van der Waals surface area contributed by atoms with Crippen LogP contribution in [0, 0.1) is 0 Å². The minimum absolute atomic E-state index is 0.0410. The molecule has 0 aliphatic carbocycles. The zero-order chi connectivity index (χ0) is 15.2. The lowest BCUT2D eigenvalue weighted by Crippen LogP contribution is -2.24. The van der Waals surface area contributed by atoms with E-state index in [-0.39, 0.29) is 5.41 Å². The van der Waals surface area contributed by atoms with Gasteiger partial charge in [-0.25, -0.2) is 0 Å². The Morgan fingerprint density at radius 2 is 1.11 bits per heavy atom. The first-order chi connectivity index (χ1) is 8.24. The Kier molecular flexibility index (Phi) is 4.27. The predicted molar refractivity (Wildman–Crippen MR) is 83.3 cm³/mol. The number of aliphatic hydroxyl groups is 2. The standard InChI is InChI=1S/C16H25BrO2/c1-14(2,3)10-8-11(15(4,5)18)13(17)12(9-10)16(6,7)19/h8-9,18-19H,1-7H3. The lowest BCUT2D eigenvalue weighted by Gasteiger charge is -2.30. The molecule has 2 nitrogen and oxygen atoms in total. The maximum absolute atomic E-state index is 10.3. The first kappa shape index (κ1) is 16.7. The fourth-order valence-corrected chi connectivity index (χ4v) is 3.15. The second kappa shape index (κ2) is 4.87. The van der Waals surface area contributed by atoms with Crippen LogP contribution in [0.1, 0.15) is 65.2 Å². The first-order valence-corrected chi connectivity index (χ1v) is 7.33.